The molecule has 2 aromatic carbocycles. The predicted molar refractivity (Wildman–Crippen MR) is 125 cm³/mol. The Kier molecular flexibility index (Phi) is 8.36. The van der Waals surface area contributed by atoms with E-state index in [1.807, 2.05) is 43.3 Å². The van der Waals surface area contributed by atoms with E-state index in [2.05, 4.69) is 45.0 Å². The van der Waals surface area contributed by atoms with Gasteiger partial charge in [-0.15, -0.1) is 0 Å². The molecule has 0 amide bonds. The zero-order chi connectivity index (χ0) is 23.1. The molecule has 0 heterocycles. The molecule has 0 fully saturated rings. The van der Waals surface area contributed by atoms with Gasteiger partial charge in [0.05, 0.1) is 6.10 Å². The lowest BCUT2D eigenvalue weighted by molar-refractivity contribution is -0.176. The third-order valence-electron chi connectivity index (χ3n) is 4.88. The average molecular weight is 441 g/mol. The summed E-state index contributed by atoms with van der Waals surface area (Å²) in [5, 5.41) is 2.18. The molecule has 5 nitrogen and oxygen atoms in total. The second kappa shape index (κ2) is 10.6. The van der Waals surface area contributed by atoms with Crippen LogP contribution in [-0.4, -0.2) is 32.6 Å². The molecule has 2 rings (SSSR count). The molecule has 0 radical (unpaired) electrons. The van der Waals surface area contributed by atoms with Crippen LogP contribution in [0, 0.1) is 0 Å². The fourth-order valence-corrected chi connectivity index (χ4v) is 8.34. The van der Waals surface area contributed by atoms with Crippen LogP contribution in [0.3, 0.4) is 0 Å². The van der Waals surface area contributed by atoms with Crippen LogP contribution in [0.5, 0.6) is 0 Å². The molecule has 0 saturated carbocycles. The van der Waals surface area contributed by atoms with Gasteiger partial charge in [-0.25, -0.2) is 0 Å². The summed E-state index contributed by atoms with van der Waals surface area (Å²) in [6.07, 6.45) is 1.92. The minimum absolute atomic E-state index is 0.164. The molecule has 0 aliphatic rings. The highest BCUT2D eigenvalue weighted by Crippen LogP contribution is 2.37. The van der Waals surface area contributed by atoms with Gasteiger partial charge in [0.2, 0.25) is 0 Å². The summed E-state index contributed by atoms with van der Waals surface area (Å²) >= 11 is 0. The monoisotopic (exact) mass is 440 g/mol. The molecule has 0 aromatic heterocycles. The number of hydrogen-bond donors (Lipinski definition) is 0. The Morgan fingerprint density at radius 2 is 1.23 bits per heavy atom. The van der Waals surface area contributed by atoms with Crippen LogP contribution in [0.15, 0.2) is 72.8 Å². The molecule has 0 N–H and O–H groups in total. The molecular formula is C25H32O5Si. The molecule has 1 atom stereocenters. The topological polar surface area (TPSA) is 61.8 Å². The van der Waals surface area contributed by atoms with Gasteiger partial charge in [0.25, 0.3) is 14.6 Å². The highest BCUT2D eigenvalue weighted by Gasteiger charge is 2.50. The Balaban J connectivity index is 2.46. The second-order valence-corrected chi connectivity index (χ2v) is 12.7. The molecule has 0 saturated heterocycles. The van der Waals surface area contributed by atoms with E-state index in [1.165, 1.54) is 24.2 Å². The maximum atomic E-state index is 11.3. The van der Waals surface area contributed by atoms with E-state index < -0.39 is 26.5 Å². The van der Waals surface area contributed by atoms with Gasteiger partial charge in [0, 0.05) is 13.8 Å². The quantitative estimate of drug-likeness (QED) is 0.269. The standard InChI is InChI=1S/C25H32O5Si/c1-19(17-18-24(28-20(2)26)29-21(3)27)30-31(25(4,5)6,22-13-9-7-10-14-22)23-15-11-8-12-16-23/h7-19,24H,1-6H3/b18-17+/t19-/m0/s1. The Hall–Kier alpha value is -2.70. The third-order valence-corrected chi connectivity index (χ3v) is 10.0. The van der Waals surface area contributed by atoms with Crippen molar-refractivity contribution in [2.45, 2.75) is 59.0 Å². The summed E-state index contributed by atoms with van der Waals surface area (Å²) in [6, 6.07) is 20.6. The lowest BCUT2D eigenvalue weighted by Crippen LogP contribution is -2.67. The molecule has 6 heteroatoms. The van der Waals surface area contributed by atoms with Crippen LogP contribution in [-0.2, 0) is 23.5 Å². The largest absolute Gasteiger partial charge is 0.421 e. The van der Waals surface area contributed by atoms with Gasteiger partial charge in [-0.05, 0) is 28.4 Å². The van der Waals surface area contributed by atoms with Gasteiger partial charge < -0.3 is 13.9 Å². The fourth-order valence-electron chi connectivity index (χ4n) is 3.69. The van der Waals surface area contributed by atoms with Crippen LogP contribution >= 0.6 is 0 Å². The summed E-state index contributed by atoms with van der Waals surface area (Å²) in [7, 11) is -2.72. The van der Waals surface area contributed by atoms with E-state index in [0.717, 1.165) is 0 Å². The zero-order valence-electron chi connectivity index (χ0n) is 19.1. The van der Waals surface area contributed by atoms with Gasteiger partial charge in [-0.3, -0.25) is 9.59 Å². The van der Waals surface area contributed by atoms with Crippen molar-refractivity contribution in [2.75, 3.05) is 0 Å². The average Bonchev–Trinajstić information content (AvgIpc) is 2.70. The van der Waals surface area contributed by atoms with Crippen molar-refractivity contribution >= 4 is 30.6 Å². The number of ether oxygens (including phenoxy) is 2. The number of carbonyl (C=O) groups is 2. The van der Waals surface area contributed by atoms with Crippen molar-refractivity contribution in [1.82, 2.24) is 0 Å². The van der Waals surface area contributed by atoms with Crippen LogP contribution in [0.1, 0.15) is 41.5 Å². The number of carbonyl (C=O) groups excluding carboxylic acids is 2. The number of hydrogen-bond acceptors (Lipinski definition) is 5. The van der Waals surface area contributed by atoms with Crippen molar-refractivity contribution in [3.8, 4) is 0 Å². The Morgan fingerprint density at radius 3 is 1.58 bits per heavy atom. The SMILES string of the molecule is CC(=O)OC(/C=C/[C@H](C)O[Si](c1ccccc1)(c1ccccc1)C(C)(C)C)OC(C)=O. The van der Waals surface area contributed by atoms with Gasteiger partial charge in [0.15, 0.2) is 0 Å². The Bertz CT molecular complexity index is 832. The van der Waals surface area contributed by atoms with Crippen LogP contribution < -0.4 is 10.4 Å². The van der Waals surface area contributed by atoms with Crippen LogP contribution in [0.25, 0.3) is 0 Å². The lowest BCUT2D eigenvalue weighted by Gasteiger charge is -2.44. The van der Waals surface area contributed by atoms with Gasteiger partial charge in [0.1, 0.15) is 0 Å². The van der Waals surface area contributed by atoms with Crippen molar-refractivity contribution in [1.29, 1.82) is 0 Å². The summed E-state index contributed by atoms with van der Waals surface area (Å²) in [5.74, 6) is -1.06. The summed E-state index contributed by atoms with van der Waals surface area (Å²) in [4.78, 5) is 22.7. The predicted octanol–water partition coefficient (Wildman–Crippen LogP) is 3.96. The van der Waals surface area contributed by atoms with Crippen LogP contribution in [0.2, 0.25) is 5.04 Å². The van der Waals surface area contributed by atoms with Crippen LogP contribution in [0.4, 0.5) is 0 Å². The fraction of sp³-hybridized carbons (Fsp3) is 0.360. The van der Waals surface area contributed by atoms with Crippen molar-refractivity contribution in [2.24, 2.45) is 0 Å². The molecule has 166 valence electrons. The molecule has 0 unspecified atom stereocenters. The maximum absolute atomic E-state index is 11.3. The molecular weight excluding hydrogens is 408 g/mol. The first-order valence-electron chi connectivity index (χ1n) is 10.4. The highest BCUT2D eigenvalue weighted by atomic mass is 28.4. The van der Waals surface area contributed by atoms with E-state index >= 15 is 0 Å². The van der Waals surface area contributed by atoms with Gasteiger partial charge in [-0.2, -0.15) is 0 Å². The zero-order valence-corrected chi connectivity index (χ0v) is 20.1. The van der Waals surface area contributed by atoms with Crippen molar-refractivity contribution in [3.05, 3.63) is 72.8 Å². The van der Waals surface area contributed by atoms with E-state index in [1.54, 1.807) is 12.2 Å². The first kappa shape index (κ1) is 24.6. The molecule has 2 aromatic rings. The maximum Gasteiger partial charge on any atom is 0.305 e. The Labute approximate surface area is 186 Å². The Morgan fingerprint density at radius 1 is 0.806 bits per heavy atom. The molecule has 31 heavy (non-hydrogen) atoms. The minimum atomic E-state index is -2.72. The molecule has 0 spiro atoms. The van der Waals surface area contributed by atoms with E-state index in [0.29, 0.717) is 0 Å². The lowest BCUT2D eigenvalue weighted by atomic mass is 10.2. The summed E-state index contributed by atoms with van der Waals surface area (Å²) < 4.78 is 17.0. The minimum Gasteiger partial charge on any atom is -0.421 e. The highest BCUT2D eigenvalue weighted by molar-refractivity contribution is 6.99. The molecule has 0 aliphatic carbocycles. The molecule has 0 bridgehead atoms. The van der Waals surface area contributed by atoms with E-state index in [4.69, 9.17) is 13.9 Å². The number of esters is 2. The van der Waals surface area contributed by atoms with Crippen molar-refractivity contribution < 1.29 is 23.5 Å². The van der Waals surface area contributed by atoms with E-state index in [-0.39, 0.29) is 11.1 Å². The second-order valence-electron chi connectivity index (χ2n) is 8.46. The third kappa shape index (κ3) is 6.39. The number of benzene rings is 2. The summed E-state index contributed by atoms with van der Waals surface area (Å²) in [6.45, 7) is 11.1. The van der Waals surface area contributed by atoms with Gasteiger partial charge >= 0.3 is 11.9 Å². The smallest absolute Gasteiger partial charge is 0.305 e. The van der Waals surface area contributed by atoms with Gasteiger partial charge in [-0.1, -0.05) is 87.5 Å². The summed E-state index contributed by atoms with van der Waals surface area (Å²) in [5.41, 5.74) is 0. The molecule has 0 aliphatic heterocycles. The normalized spacial score (nSPS) is 13.3. The number of rotatable bonds is 8. The van der Waals surface area contributed by atoms with Crippen molar-refractivity contribution in [3.63, 3.8) is 0 Å². The first-order chi connectivity index (χ1) is 14.6. The first-order valence-corrected chi connectivity index (χ1v) is 12.3. The van der Waals surface area contributed by atoms with E-state index in [9.17, 15) is 9.59 Å².